The minimum atomic E-state index is -2.14. The van der Waals surface area contributed by atoms with E-state index in [0.717, 1.165) is 11.8 Å². The van der Waals surface area contributed by atoms with Gasteiger partial charge in [-0.3, -0.25) is 4.79 Å². The fraction of sp³-hybridized carbons (Fsp3) is 0.500. The Kier molecular flexibility index (Phi) is 15.3. The predicted molar refractivity (Wildman–Crippen MR) is 36.9 cm³/mol. The Morgan fingerprint density at radius 1 is 1.14 bits per heavy atom. The van der Waals surface area contributed by atoms with Crippen LogP contribution in [0.25, 0.3) is 0 Å². The molecule has 0 unspecified atom stereocenters. The normalized spacial score (nSPS) is 8.43. The molecule has 0 heterocycles. The van der Waals surface area contributed by atoms with Gasteiger partial charge in [-0.1, -0.05) is 0 Å². The van der Waals surface area contributed by atoms with Crippen LogP contribution in [-0.2, 0) is 14.4 Å². The molecule has 0 spiro atoms. The van der Waals surface area contributed by atoms with Crippen molar-refractivity contribution in [3.8, 4) is 0 Å². The van der Waals surface area contributed by atoms with Gasteiger partial charge in [-0.15, -0.1) is 0 Å². The van der Waals surface area contributed by atoms with Crippen molar-refractivity contribution in [3.63, 3.8) is 0 Å². The molecular weight excluding hydrogens is 230 g/mol. The molecule has 0 bridgehead atoms. The fourth-order valence-corrected chi connectivity index (χ4v) is 1.04. The van der Waals surface area contributed by atoms with E-state index in [1.807, 2.05) is 0 Å². The van der Waals surface area contributed by atoms with E-state index in [4.69, 9.17) is 0 Å². The summed E-state index contributed by atoms with van der Waals surface area (Å²) in [5.41, 5.74) is 0. The SMILES string of the molecule is CSCC(=O)C(C(=O)[O-])C(=O)[O-].[Na+].[Na+]. The summed E-state index contributed by atoms with van der Waals surface area (Å²) in [4.78, 5) is 31.0. The summed E-state index contributed by atoms with van der Waals surface area (Å²) in [6.45, 7) is 0. The zero-order chi connectivity index (χ0) is 9.72. The Bertz CT molecular complexity index is 206. The van der Waals surface area contributed by atoms with Crippen molar-refractivity contribution in [2.24, 2.45) is 5.92 Å². The molecule has 0 aliphatic carbocycles. The zero-order valence-corrected chi connectivity index (χ0v) is 13.1. The van der Waals surface area contributed by atoms with E-state index in [2.05, 4.69) is 0 Å². The van der Waals surface area contributed by atoms with Gasteiger partial charge in [-0.05, 0) is 6.26 Å². The van der Waals surface area contributed by atoms with Gasteiger partial charge in [0, 0.05) is 0 Å². The zero-order valence-electron chi connectivity index (χ0n) is 8.23. The van der Waals surface area contributed by atoms with Crippen LogP contribution in [0.3, 0.4) is 0 Å². The van der Waals surface area contributed by atoms with Gasteiger partial charge in [0.25, 0.3) is 0 Å². The van der Waals surface area contributed by atoms with Crippen molar-refractivity contribution >= 4 is 29.5 Å². The first-order chi connectivity index (χ1) is 5.50. The molecule has 14 heavy (non-hydrogen) atoms. The summed E-state index contributed by atoms with van der Waals surface area (Å²) in [6, 6.07) is 0. The summed E-state index contributed by atoms with van der Waals surface area (Å²) in [6.07, 6.45) is 1.56. The molecule has 0 aromatic heterocycles. The summed E-state index contributed by atoms with van der Waals surface area (Å²) < 4.78 is 0. The summed E-state index contributed by atoms with van der Waals surface area (Å²) >= 11 is 1.04. The number of thioether (sulfide) groups is 1. The van der Waals surface area contributed by atoms with Crippen molar-refractivity contribution in [3.05, 3.63) is 0 Å². The van der Waals surface area contributed by atoms with Crippen LogP contribution in [0.2, 0.25) is 0 Å². The molecule has 0 aromatic carbocycles. The Morgan fingerprint density at radius 2 is 1.50 bits per heavy atom. The Labute approximate surface area is 130 Å². The van der Waals surface area contributed by atoms with Gasteiger partial charge in [0.15, 0.2) is 5.78 Å². The van der Waals surface area contributed by atoms with Gasteiger partial charge < -0.3 is 19.8 Å². The first-order valence-electron chi connectivity index (χ1n) is 2.94. The third-order valence-electron chi connectivity index (χ3n) is 1.08. The summed E-state index contributed by atoms with van der Waals surface area (Å²) in [7, 11) is 0. The van der Waals surface area contributed by atoms with Gasteiger partial charge in [0.1, 0.15) is 0 Å². The number of carboxylic acid groups (broad SMARTS) is 2. The quantitative estimate of drug-likeness (QED) is 0.347. The second kappa shape index (κ2) is 10.5. The van der Waals surface area contributed by atoms with E-state index in [9.17, 15) is 24.6 Å². The van der Waals surface area contributed by atoms with E-state index < -0.39 is 23.6 Å². The van der Waals surface area contributed by atoms with E-state index in [1.165, 1.54) is 0 Å². The molecule has 0 saturated carbocycles. The van der Waals surface area contributed by atoms with Crippen LogP contribution in [0, 0.1) is 5.92 Å². The first-order valence-corrected chi connectivity index (χ1v) is 4.33. The number of rotatable bonds is 5. The maximum atomic E-state index is 10.8. The van der Waals surface area contributed by atoms with Crippen LogP contribution in [0.1, 0.15) is 0 Å². The predicted octanol–water partition coefficient (Wildman–Crippen LogP) is -8.96. The van der Waals surface area contributed by atoms with Crippen LogP contribution in [0.5, 0.6) is 0 Å². The van der Waals surface area contributed by atoms with Crippen molar-refractivity contribution < 1.29 is 83.7 Å². The molecule has 0 aliphatic rings. The standard InChI is InChI=1S/C6H8O5S.2Na/c1-12-2-3(7)4(5(8)9)6(10)11;;/h4H,2H2,1H3,(H,8,9)(H,10,11);;/q;2*+1/p-2. The van der Waals surface area contributed by atoms with Crippen molar-refractivity contribution in [1.82, 2.24) is 0 Å². The van der Waals surface area contributed by atoms with Crippen LogP contribution < -0.4 is 69.3 Å². The second-order valence-corrected chi connectivity index (χ2v) is 2.84. The Hall–Kier alpha value is 0.960. The van der Waals surface area contributed by atoms with E-state index in [0.29, 0.717) is 0 Å². The molecule has 5 nitrogen and oxygen atoms in total. The summed E-state index contributed by atoms with van der Waals surface area (Å²) in [5, 5.41) is 20.2. The van der Waals surface area contributed by atoms with E-state index >= 15 is 0 Å². The second-order valence-electron chi connectivity index (χ2n) is 1.97. The van der Waals surface area contributed by atoms with Crippen LogP contribution >= 0.6 is 11.8 Å². The Morgan fingerprint density at radius 3 is 1.71 bits per heavy atom. The number of hydrogen-bond acceptors (Lipinski definition) is 6. The topological polar surface area (TPSA) is 97.3 Å². The molecule has 0 aliphatic heterocycles. The number of aliphatic carboxylic acids is 2. The average Bonchev–Trinajstić information content (AvgIpc) is 1.85. The van der Waals surface area contributed by atoms with Gasteiger partial charge in [0.2, 0.25) is 0 Å². The van der Waals surface area contributed by atoms with Crippen LogP contribution in [0.4, 0.5) is 0 Å². The van der Waals surface area contributed by atoms with Crippen LogP contribution in [-0.4, -0.2) is 29.7 Å². The third-order valence-corrected chi connectivity index (χ3v) is 1.65. The molecule has 0 aromatic rings. The minimum Gasteiger partial charge on any atom is -0.549 e. The van der Waals surface area contributed by atoms with Gasteiger partial charge in [-0.2, -0.15) is 11.8 Å². The van der Waals surface area contributed by atoms with E-state index in [-0.39, 0.29) is 64.9 Å². The monoisotopic (exact) mass is 236 g/mol. The largest absolute Gasteiger partial charge is 1.00 e. The fourth-order valence-electron chi connectivity index (χ4n) is 0.585. The average molecular weight is 236 g/mol. The maximum Gasteiger partial charge on any atom is 1.00 e. The molecule has 0 atom stereocenters. The molecule has 0 fully saturated rings. The molecule has 8 heteroatoms. The Balaban J connectivity index is -0.000000605. The molecule has 68 valence electrons. The summed E-state index contributed by atoms with van der Waals surface area (Å²) in [5.74, 6) is -7.07. The van der Waals surface area contributed by atoms with Crippen molar-refractivity contribution in [2.75, 3.05) is 12.0 Å². The number of hydrogen-bond donors (Lipinski definition) is 0. The van der Waals surface area contributed by atoms with E-state index in [1.54, 1.807) is 6.26 Å². The molecule has 0 N–H and O–H groups in total. The number of carboxylic acids is 2. The number of carbonyl (C=O) groups excluding carboxylic acids is 3. The number of ketones is 1. The molecular formula is C6H6Na2O5S. The van der Waals surface area contributed by atoms with Crippen molar-refractivity contribution in [2.45, 2.75) is 0 Å². The van der Waals surface area contributed by atoms with Crippen molar-refractivity contribution in [1.29, 1.82) is 0 Å². The van der Waals surface area contributed by atoms with Crippen LogP contribution in [0.15, 0.2) is 0 Å². The molecule has 0 amide bonds. The molecule has 0 saturated heterocycles. The van der Waals surface area contributed by atoms with Gasteiger partial charge in [-0.25, -0.2) is 0 Å². The maximum absolute atomic E-state index is 10.8. The number of Topliss-reactive ketones (excluding diaryl/α,β-unsaturated/α-hetero) is 1. The third kappa shape index (κ3) is 7.28. The molecule has 0 rings (SSSR count). The smallest absolute Gasteiger partial charge is 0.549 e. The van der Waals surface area contributed by atoms with Gasteiger partial charge >= 0.3 is 59.1 Å². The number of carbonyl (C=O) groups is 3. The van der Waals surface area contributed by atoms with Gasteiger partial charge in [0.05, 0.1) is 23.6 Å². The molecule has 0 radical (unpaired) electrons. The first kappa shape index (κ1) is 20.4. The minimum absolute atomic E-state index is 0.